The molecule has 3 N–H and O–H groups in total. The number of aliphatic hydroxyl groups is 2. The van der Waals surface area contributed by atoms with Crippen LogP contribution in [-0.4, -0.2) is 52.9 Å². The van der Waals surface area contributed by atoms with Crippen LogP contribution in [0.25, 0.3) is 10.4 Å². The lowest BCUT2D eigenvalue weighted by Crippen LogP contribution is -2.32. The molecule has 5 atom stereocenters. The molecule has 0 amide bonds. The maximum atomic E-state index is 12.2. The van der Waals surface area contributed by atoms with Crippen molar-refractivity contribution in [2.75, 3.05) is 13.2 Å². The summed E-state index contributed by atoms with van der Waals surface area (Å²) in [5.74, 6) is 0. The molecule has 0 spiro atoms. The van der Waals surface area contributed by atoms with E-state index in [1.54, 1.807) is 6.08 Å². The zero-order valence-electron chi connectivity index (χ0n) is 18.5. The second-order valence-electron chi connectivity index (χ2n) is 7.74. The van der Waals surface area contributed by atoms with Gasteiger partial charge in [0.2, 0.25) is 0 Å². The number of phosphoric acid groups is 1. The van der Waals surface area contributed by atoms with E-state index in [1.807, 2.05) is 6.92 Å². The van der Waals surface area contributed by atoms with E-state index in [2.05, 4.69) is 42.9 Å². The number of phosphoric ester groups is 1. The smallest absolute Gasteiger partial charge is 0.394 e. The Morgan fingerprint density at radius 3 is 2.35 bits per heavy atom. The van der Waals surface area contributed by atoms with Gasteiger partial charge in [-0.25, -0.2) is 4.57 Å². The molecular weight excluding hydrogens is 425 g/mol. The van der Waals surface area contributed by atoms with Gasteiger partial charge in [0.25, 0.3) is 0 Å². The van der Waals surface area contributed by atoms with Crippen LogP contribution in [0.15, 0.2) is 40.1 Å². The number of rotatable bonds is 13. The molecule has 0 aromatic rings. The molecule has 176 valence electrons. The fraction of sp³-hybridized carbons (Fsp3) is 0.700. The van der Waals surface area contributed by atoms with Crippen molar-refractivity contribution in [3.05, 3.63) is 45.4 Å². The van der Waals surface area contributed by atoms with Gasteiger partial charge in [0.15, 0.2) is 6.29 Å². The summed E-state index contributed by atoms with van der Waals surface area (Å²) in [6.45, 7) is 7.44. The summed E-state index contributed by atoms with van der Waals surface area (Å²) < 4.78 is 27.1. The van der Waals surface area contributed by atoms with E-state index in [0.29, 0.717) is 0 Å². The molecule has 0 aliphatic carbocycles. The molecular formula is C20H34N3O7P. The Kier molecular flexibility index (Phi) is 12.3. The third-order valence-electron chi connectivity index (χ3n) is 4.71. The van der Waals surface area contributed by atoms with Crippen molar-refractivity contribution in [1.82, 2.24) is 0 Å². The number of hydrogen-bond donors (Lipinski definition) is 3. The number of azide groups is 1. The van der Waals surface area contributed by atoms with Crippen molar-refractivity contribution in [3.8, 4) is 0 Å². The van der Waals surface area contributed by atoms with Crippen LogP contribution in [0.3, 0.4) is 0 Å². The molecule has 0 bridgehead atoms. The van der Waals surface area contributed by atoms with Crippen molar-refractivity contribution < 1.29 is 33.5 Å². The highest BCUT2D eigenvalue weighted by atomic mass is 31.2. The van der Waals surface area contributed by atoms with Crippen molar-refractivity contribution in [3.63, 3.8) is 0 Å². The quantitative estimate of drug-likeness (QED) is 0.122. The number of nitrogens with zero attached hydrogens (tertiary/aromatic N) is 3. The average molecular weight is 459 g/mol. The van der Waals surface area contributed by atoms with Crippen LogP contribution in [0, 0.1) is 0 Å². The summed E-state index contributed by atoms with van der Waals surface area (Å²) in [5.41, 5.74) is 12.2. The Bertz CT molecular complexity index is 758. The second-order valence-corrected chi connectivity index (χ2v) is 9.15. The van der Waals surface area contributed by atoms with Gasteiger partial charge in [0, 0.05) is 4.91 Å². The topological polar surface area (TPSA) is 154 Å². The molecule has 0 aromatic carbocycles. The molecule has 1 aliphatic heterocycles. The summed E-state index contributed by atoms with van der Waals surface area (Å²) in [5, 5.41) is 22.4. The maximum absolute atomic E-state index is 12.2. The number of allylic oxidation sites excluding steroid dienone is 5. The van der Waals surface area contributed by atoms with Crippen molar-refractivity contribution >= 4 is 7.82 Å². The summed E-state index contributed by atoms with van der Waals surface area (Å²) in [4.78, 5) is 12.5. The van der Waals surface area contributed by atoms with Crippen LogP contribution in [0.5, 0.6) is 0 Å². The monoisotopic (exact) mass is 459 g/mol. The van der Waals surface area contributed by atoms with Crippen LogP contribution >= 0.6 is 7.82 Å². The minimum Gasteiger partial charge on any atom is -0.394 e. The molecule has 1 heterocycles. The first-order valence-electron chi connectivity index (χ1n) is 10.2. The minimum atomic E-state index is -4.55. The Labute approximate surface area is 183 Å². The lowest BCUT2D eigenvalue weighted by Gasteiger charge is -2.19. The summed E-state index contributed by atoms with van der Waals surface area (Å²) >= 11 is 0. The van der Waals surface area contributed by atoms with Gasteiger partial charge in [-0.3, -0.25) is 9.05 Å². The van der Waals surface area contributed by atoms with Gasteiger partial charge in [-0.1, -0.05) is 40.1 Å². The summed E-state index contributed by atoms with van der Waals surface area (Å²) in [6, 6.07) is -1.28. The molecule has 0 saturated carbocycles. The number of ether oxygens (including phenoxy) is 1. The molecule has 10 nitrogen and oxygen atoms in total. The van der Waals surface area contributed by atoms with E-state index < -0.39 is 39.0 Å². The van der Waals surface area contributed by atoms with Crippen LogP contribution < -0.4 is 0 Å². The maximum Gasteiger partial charge on any atom is 0.474 e. The fourth-order valence-electron chi connectivity index (χ4n) is 2.91. The highest BCUT2D eigenvalue weighted by Gasteiger charge is 2.46. The van der Waals surface area contributed by atoms with E-state index in [0.717, 1.165) is 31.3 Å². The lowest BCUT2D eigenvalue weighted by atomic mass is 10.1. The molecule has 1 aliphatic rings. The third kappa shape index (κ3) is 10.6. The predicted molar refractivity (Wildman–Crippen MR) is 117 cm³/mol. The van der Waals surface area contributed by atoms with Crippen LogP contribution in [0.2, 0.25) is 0 Å². The molecule has 0 radical (unpaired) electrons. The average Bonchev–Trinajstić information content (AvgIpc) is 2.96. The molecule has 3 unspecified atom stereocenters. The highest BCUT2D eigenvalue weighted by Crippen LogP contribution is 2.47. The Hall–Kier alpha value is -1.48. The first-order valence-corrected chi connectivity index (χ1v) is 11.7. The number of hydrogen-bond acceptors (Lipinski definition) is 7. The molecule has 1 fully saturated rings. The van der Waals surface area contributed by atoms with Gasteiger partial charge in [-0.05, 0) is 58.9 Å². The van der Waals surface area contributed by atoms with E-state index in [-0.39, 0.29) is 6.61 Å². The van der Waals surface area contributed by atoms with Crippen molar-refractivity contribution in [2.45, 2.75) is 77.9 Å². The predicted octanol–water partition coefficient (Wildman–Crippen LogP) is 4.30. The second kappa shape index (κ2) is 13.8. The van der Waals surface area contributed by atoms with Gasteiger partial charge in [-0.15, -0.1) is 0 Å². The van der Waals surface area contributed by atoms with E-state index in [4.69, 9.17) is 24.4 Å². The van der Waals surface area contributed by atoms with Gasteiger partial charge >= 0.3 is 7.82 Å². The standard InChI is InChI=1S/C20H34N3O7P/c1-14(2)7-5-8-15(3)9-6-10-16(4)11-12-28-31(26,27)30-20-18(22-23-21)19(25)17(13-24)29-20/h7,9,11,17-20,24-25H,5-6,8,10,12-13H2,1-4H3,(H,26,27)/b15-9-,16-11-/t17-,18?,19?,20+/m1/s1. The van der Waals surface area contributed by atoms with Gasteiger partial charge in [0.1, 0.15) is 12.1 Å². The first-order chi connectivity index (χ1) is 14.6. The molecule has 0 aromatic heterocycles. The first kappa shape index (κ1) is 27.6. The van der Waals surface area contributed by atoms with Crippen LogP contribution in [-0.2, 0) is 18.3 Å². The minimum absolute atomic E-state index is 0.159. The van der Waals surface area contributed by atoms with Crippen LogP contribution in [0.1, 0.15) is 53.4 Å². The highest BCUT2D eigenvalue weighted by molar-refractivity contribution is 7.47. The van der Waals surface area contributed by atoms with Crippen molar-refractivity contribution in [2.24, 2.45) is 5.11 Å². The van der Waals surface area contributed by atoms with E-state index >= 15 is 0 Å². The molecule has 1 saturated heterocycles. The zero-order chi connectivity index (χ0) is 23.4. The zero-order valence-corrected chi connectivity index (χ0v) is 19.4. The van der Waals surface area contributed by atoms with Gasteiger partial charge < -0.3 is 19.8 Å². The molecule has 31 heavy (non-hydrogen) atoms. The SMILES string of the molecule is CC(C)=CCC/C(C)=C\CC/C(C)=C\COP(=O)(O)O[C@@H]1O[C@H](CO)C(O)C1N=[N+]=[N-]. The Morgan fingerprint density at radius 1 is 1.16 bits per heavy atom. The third-order valence-corrected chi connectivity index (χ3v) is 5.66. The number of aliphatic hydroxyl groups excluding tert-OH is 2. The van der Waals surface area contributed by atoms with E-state index in [9.17, 15) is 14.6 Å². The van der Waals surface area contributed by atoms with Gasteiger partial charge in [0.05, 0.1) is 19.3 Å². The Balaban J connectivity index is 2.48. The largest absolute Gasteiger partial charge is 0.474 e. The lowest BCUT2D eigenvalue weighted by molar-refractivity contribution is -0.106. The molecule has 11 heteroatoms. The summed E-state index contributed by atoms with van der Waals surface area (Å²) in [7, 11) is -4.55. The fourth-order valence-corrected chi connectivity index (χ4v) is 3.67. The molecule has 1 rings (SSSR count). The van der Waals surface area contributed by atoms with Crippen LogP contribution in [0.4, 0.5) is 0 Å². The normalized spacial score (nSPS) is 26.3. The van der Waals surface area contributed by atoms with Gasteiger partial charge in [-0.2, -0.15) is 0 Å². The van der Waals surface area contributed by atoms with Crippen molar-refractivity contribution in [1.29, 1.82) is 0 Å². The summed E-state index contributed by atoms with van der Waals surface area (Å²) in [6.07, 6.45) is 5.81. The Morgan fingerprint density at radius 2 is 1.77 bits per heavy atom. The van der Waals surface area contributed by atoms with E-state index in [1.165, 1.54) is 11.1 Å².